The van der Waals surface area contributed by atoms with Crippen LogP contribution in [-0.4, -0.2) is 82.3 Å². The quantitative estimate of drug-likeness (QED) is 0.0195. The largest absolute Gasteiger partial charge is 0.545 e. The van der Waals surface area contributed by atoms with Gasteiger partial charge in [0.05, 0.1) is 40.3 Å². The fourth-order valence-corrected chi connectivity index (χ4v) is 8.98. The molecule has 0 spiro atoms. The second kappa shape index (κ2) is 70.0. The van der Waals surface area contributed by atoms with Gasteiger partial charge in [0.25, 0.3) is 0 Å². The Morgan fingerprint density at radius 1 is 0.330 bits per heavy atom. The summed E-state index contributed by atoms with van der Waals surface area (Å²) >= 11 is 0. The van der Waals surface area contributed by atoms with Gasteiger partial charge in [-0.3, -0.25) is 9.59 Å². The summed E-state index contributed by atoms with van der Waals surface area (Å²) in [4.78, 5) is 37.5. The zero-order valence-electron chi connectivity index (χ0n) is 58.1. The van der Waals surface area contributed by atoms with E-state index in [0.717, 1.165) is 141 Å². The molecule has 0 aliphatic rings. The maximum absolute atomic E-state index is 12.9. The van der Waals surface area contributed by atoms with E-state index in [9.17, 15) is 19.5 Å². The minimum Gasteiger partial charge on any atom is -0.545 e. The average Bonchev–Trinajstić information content (AvgIpc) is 3.53. The molecule has 9 nitrogen and oxygen atoms in total. The minimum absolute atomic E-state index is 0.132. The zero-order valence-corrected chi connectivity index (χ0v) is 58.1. The summed E-state index contributed by atoms with van der Waals surface area (Å²) in [6, 6.07) is 0. The summed E-state index contributed by atoms with van der Waals surface area (Å²) in [5.41, 5.74) is 0. The zero-order chi connectivity index (χ0) is 66.1. The van der Waals surface area contributed by atoms with Crippen LogP contribution >= 0.6 is 0 Å². The third kappa shape index (κ3) is 71.4. The Bertz CT molecular complexity index is 2200. The molecule has 0 amide bonds. The van der Waals surface area contributed by atoms with Gasteiger partial charge >= 0.3 is 11.9 Å². The smallest absolute Gasteiger partial charge is 0.306 e. The molecule has 0 radical (unpaired) electrons. The van der Waals surface area contributed by atoms with Crippen molar-refractivity contribution in [2.24, 2.45) is 0 Å². The molecule has 2 atom stereocenters. The van der Waals surface area contributed by atoms with Crippen molar-refractivity contribution in [3.8, 4) is 0 Å². The molecule has 0 aromatic carbocycles. The Balaban J connectivity index is 4.19. The number of rotatable bonds is 63. The summed E-state index contributed by atoms with van der Waals surface area (Å²) < 4.78 is 22.7. The van der Waals surface area contributed by atoms with Crippen molar-refractivity contribution in [3.05, 3.63) is 194 Å². The number of likely N-dealkylation sites (N-methyl/N-ethyl adjacent to an activating group) is 1. The number of carboxylic acid groups (broad SMARTS) is 1. The van der Waals surface area contributed by atoms with Crippen molar-refractivity contribution in [1.82, 2.24) is 0 Å². The van der Waals surface area contributed by atoms with Crippen molar-refractivity contribution >= 4 is 17.9 Å². The van der Waals surface area contributed by atoms with Crippen molar-refractivity contribution in [2.45, 2.75) is 257 Å². The number of esters is 2. The Hall–Kier alpha value is -5.87. The van der Waals surface area contributed by atoms with Gasteiger partial charge in [0.2, 0.25) is 0 Å². The highest BCUT2D eigenvalue weighted by Crippen LogP contribution is 2.15. The van der Waals surface area contributed by atoms with E-state index in [-0.39, 0.29) is 32.7 Å². The SMILES string of the molecule is CC/C=C\C/C=C\C/C=C\C/C=C\C/C=C\C/C=C\C/C=C\C/C=C\C/C=C\CCCCCCCCCCCCCCCC(=O)OC(COC(=O)CCCCC/C=C\C/C=C\C/C=C\C/C=C\C/C=C\C/C=C\C/C=C\CC)COC(OCC[N+](C)(C)C)C(=O)[O-]. The van der Waals surface area contributed by atoms with Gasteiger partial charge in [-0.2, -0.15) is 0 Å². The highest BCUT2D eigenvalue weighted by atomic mass is 16.7. The van der Waals surface area contributed by atoms with E-state index >= 15 is 0 Å². The van der Waals surface area contributed by atoms with Gasteiger partial charge in [-0.1, -0.05) is 285 Å². The van der Waals surface area contributed by atoms with Crippen LogP contribution in [0.1, 0.15) is 245 Å². The lowest BCUT2D eigenvalue weighted by atomic mass is 10.0. The van der Waals surface area contributed by atoms with Crippen molar-refractivity contribution in [2.75, 3.05) is 47.5 Å². The Labute approximate surface area is 557 Å². The number of hydrogen-bond acceptors (Lipinski definition) is 8. The molecule has 0 aromatic heterocycles. The van der Waals surface area contributed by atoms with Gasteiger partial charge in [0, 0.05) is 12.8 Å². The van der Waals surface area contributed by atoms with Gasteiger partial charge in [-0.15, -0.1) is 0 Å². The molecule has 0 bridgehead atoms. The van der Waals surface area contributed by atoms with E-state index in [2.05, 4.69) is 208 Å². The number of carbonyl (C=O) groups excluding carboxylic acids is 3. The molecule has 0 saturated heterocycles. The average molecular weight is 1260 g/mol. The van der Waals surface area contributed by atoms with Crippen LogP contribution in [0, 0.1) is 0 Å². The monoisotopic (exact) mass is 1260 g/mol. The van der Waals surface area contributed by atoms with E-state index in [1.54, 1.807) is 0 Å². The molecular formula is C82H129NO8. The second-order valence-corrected chi connectivity index (χ2v) is 24.1. The summed E-state index contributed by atoms with van der Waals surface area (Å²) in [5, 5.41) is 11.8. The van der Waals surface area contributed by atoms with Crippen molar-refractivity contribution in [3.63, 3.8) is 0 Å². The molecule has 0 heterocycles. The van der Waals surface area contributed by atoms with Crippen LogP contribution in [0.4, 0.5) is 0 Å². The number of hydrogen-bond donors (Lipinski definition) is 0. The van der Waals surface area contributed by atoms with Crippen LogP contribution in [0.3, 0.4) is 0 Å². The number of aliphatic carboxylic acids is 1. The molecular weight excluding hydrogens is 1130 g/mol. The van der Waals surface area contributed by atoms with Crippen LogP contribution in [0.15, 0.2) is 194 Å². The van der Waals surface area contributed by atoms with E-state index in [1.807, 2.05) is 21.1 Å². The van der Waals surface area contributed by atoms with E-state index in [1.165, 1.54) is 64.2 Å². The Kier molecular flexibility index (Phi) is 65.5. The van der Waals surface area contributed by atoms with Gasteiger partial charge in [0.1, 0.15) is 13.2 Å². The fourth-order valence-electron chi connectivity index (χ4n) is 8.98. The number of carbonyl (C=O) groups is 3. The predicted molar refractivity (Wildman–Crippen MR) is 388 cm³/mol. The highest BCUT2D eigenvalue weighted by Gasteiger charge is 2.22. The first-order chi connectivity index (χ1) is 44.6. The molecule has 9 heteroatoms. The molecule has 91 heavy (non-hydrogen) atoms. The minimum atomic E-state index is -1.64. The van der Waals surface area contributed by atoms with Crippen molar-refractivity contribution < 1.29 is 42.9 Å². The Morgan fingerprint density at radius 2 is 0.593 bits per heavy atom. The predicted octanol–water partition coefficient (Wildman–Crippen LogP) is 21.2. The summed E-state index contributed by atoms with van der Waals surface area (Å²) in [6.07, 6.45) is 105. The van der Waals surface area contributed by atoms with Gasteiger partial charge in [0.15, 0.2) is 12.4 Å². The summed E-state index contributed by atoms with van der Waals surface area (Å²) in [5.74, 6) is -2.35. The number of ether oxygens (including phenoxy) is 4. The highest BCUT2D eigenvalue weighted by molar-refractivity contribution is 5.70. The first-order valence-electron chi connectivity index (χ1n) is 35.6. The molecule has 2 unspecified atom stereocenters. The van der Waals surface area contributed by atoms with Crippen LogP contribution in [0.5, 0.6) is 0 Å². The van der Waals surface area contributed by atoms with E-state index in [4.69, 9.17) is 18.9 Å². The molecule has 0 aliphatic heterocycles. The first kappa shape index (κ1) is 85.1. The molecule has 0 rings (SSSR count). The molecule has 0 aromatic rings. The lowest BCUT2D eigenvalue weighted by Gasteiger charge is -2.26. The van der Waals surface area contributed by atoms with Gasteiger partial charge in [-0.25, -0.2) is 0 Å². The maximum atomic E-state index is 12.9. The number of unbranched alkanes of at least 4 members (excludes halogenated alkanes) is 16. The normalized spacial score (nSPS) is 13.9. The van der Waals surface area contributed by atoms with Crippen LogP contribution in [0.2, 0.25) is 0 Å². The van der Waals surface area contributed by atoms with Gasteiger partial charge < -0.3 is 33.3 Å². The number of nitrogens with zero attached hydrogens (tertiary/aromatic N) is 1. The fraction of sp³-hybridized carbons (Fsp3) is 0.573. The molecule has 0 N–H and O–H groups in total. The van der Waals surface area contributed by atoms with Crippen LogP contribution in [0.25, 0.3) is 0 Å². The summed E-state index contributed by atoms with van der Waals surface area (Å²) in [7, 11) is 5.91. The van der Waals surface area contributed by atoms with Crippen molar-refractivity contribution in [1.29, 1.82) is 0 Å². The first-order valence-corrected chi connectivity index (χ1v) is 35.6. The summed E-state index contributed by atoms with van der Waals surface area (Å²) in [6.45, 7) is 4.46. The second-order valence-electron chi connectivity index (χ2n) is 24.1. The number of quaternary nitrogens is 1. The lowest BCUT2D eigenvalue weighted by Crippen LogP contribution is -2.44. The molecule has 0 aliphatic carbocycles. The van der Waals surface area contributed by atoms with E-state index < -0.39 is 30.3 Å². The molecule has 510 valence electrons. The lowest BCUT2D eigenvalue weighted by molar-refractivity contribution is -0.870. The molecule has 0 fully saturated rings. The Morgan fingerprint density at radius 3 is 0.890 bits per heavy atom. The number of allylic oxidation sites excluding steroid dienone is 32. The maximum Gasteiger partial charge on any atom is 0.306 e. The topological polar surface area (TPSA) is 111 Å². The third-order valence-corrected chi connectivity index (χ3v) is 14.3. The van der Waals surface area contributed by atoms with E-state index in [0.29, 0.717) is 23.9 Å². The van der Waals surface area contributed by atoms with Gasteiger partial charge in [-0.05, 0) is 141 Å². The molecule has 0 saturated carbocycles. The number of carboxylic acids is 1. The van der Waals surface area contributed by atoms with Crippen LogP contribution < -0.4 is 5.11 Å². The standard InChI is InChI=1S/C82H129NO8/c1-6-8-10-12-14-16-18-20-22-24-26-28-30-32-33-34-35-36-37-38-39-40-41-42-43-44-45-46-47-49-51-53-55-57-59-61-63-65-67-69-71-73-80(85)91-78(77-90-82(81(86)87)88-75-74-83(3,4)5)76-89-79(84)72-70-68-66-64-62-60-58-56-54-52-50-48-31-29-27-25-23-21-19-17-15-13-11-9-7-2/h8-11,14-17,20-23,26-29,32-33,35-36,38-39,41-42,44-45,48,50,54,56,60,62,78,82H,6-7,12-13,18-19,24-25,30-31,34,37,40,43,46-47,49,51-53,55,57-59,61,63-77H2,1-5H3/b10-8-,11-9-,16-14-,17-15-,22-20-,23-21-,28-26-,29-27-,33-32-,36-35-,39-38-,42-41-,45-44-,50-48-,56-54-,62-60-. The van der Waals surface area contributed by atoms with Crippen LogP contribution in [-0.2, 0) is 33.3 Å². The third-order valence-electron chi connectivity index (χ3n) is 14.3.